The van der Waals surface area contributed by atoms with Gasteiger partial charge >= 0.3 is 0 Å². The summed E-state index contributed by atoms with van der Waals surface area (Å²) in [6.07, 6.45) is 3.20. The summed E-state index contributed by atoms with van der Waals surface area (Å²) in [5.74, 6) is 1.05. The molecule has 0 saturated heterocycles. The number of benzene rings is 1. The van der Waals surface area contributed by atoms with Crippen molar-refractivity contribution in [2.75, 3.05) is 5.73 Å². The molecule has 0 fully saturated rings. The van der Waals surface area contributed by atoms with Crippen molar-refractivity contribution in [2.24, 2.45) is 0 Å². The molecule has 0 atom stereocenters. The third kappa shape index (κ3) is 3.58. The first-order valence-electron chi connectivity index (χ1n) is 6.17. The first kappa shape index (κ1) is 13.6. The monoisotopic (exact) mass is 277 g/mol. The fraction of sp³-hybridized carbons (Fsp3) is 0.286. The van der Waals surface area contributed by atoms with Crippen molar-refractivity contribution in [3.63, 3.8) is 0 Å². The van der Waals surface area contributed by atoms with Crippen LogP contribution in [0.25, 0.3) is 0 Å². The van der Waals surface area contributed by atoms with E-state index in [0.717, 1.165) is 24.0 Å². The average molecular weight is 278 g/mol. The molecule has 0 amide bonds. The van der Waals surface area contributed by atoms with Gasteiger partial charge in [-0.2, -0.15) is 0 Å². The predicted molar refractivity (Wildman–Crippen MR) is 76.2 cm³/mol. The highest BCUT2D eigenvalue weighted by Crippen LogP contribution is 2.22. The first-order chi connectivity index (χ1) is 9.20. The van der Waals surface area contributed by atoms with Crippen LogP contribution in [-0.2, 0) is 13.0 Å². The Kier molecular flexibility index (Phi) is 4.58. The van der Waals surface area contributed by atoms with Crippen LogP contribution in [0.1, 0.15) is 24.5 Å². The lowest BCUT2D eigenvalue weighted by atomic mass is 10.2. The normalized spacial score (nSPS) is 10.4. The molecule has 5 heteroatoms. The molecule has 4 nitrogen and oxygen atoms in total. The number of anilines is 1. The number of hydrogen-bond donors (Lipinski definition) is 1. The second kappa shape index (κ2) is 6.38. The quantitative estimate of drug-likeness (QED) is 0.911. The van der Waals surface area contributed by atoms with Gasteiger partial charge in [-0.05, 0) is 24.1 Å². The van der Waals surface area contributed by atoms with Crippen molar-refractivity contribution >= 4 is 17.4 Å². The van der Waals surface area contributed by atoms with E-state index in [1.807, 2.05) is 24.3 Å². The standard InChI is InChI=1S/C14H16ClN3O/c1-2-3-12-13(16)17-9-18-14(12)19-8-10-4-6-11(15)7-5-10/h4-7,9H,2-3,8H2,1H3,(H2,16,17,18). The summed E-state index contributed by atoms with van der Waals surface area (Å²) in [4.78, 5) is 8.15. The Morgan fingerprint density at radius 1 is 1.21 bits per heavy atom. The van der Waals surface area contributed by atoms with E-state index in [0.29, 0.717) is 23.3 Å². The highest BCUT2D eigenvalue weighted by molar-refractivity contribution is 6.30. The van der Waals surface area contributed by atoms with E-state index in [9.17, 15) is 0 Å². The fourth-order valence-corrected chi connectivity index (χ4v) is 1.88. The molecule has 2 aromatic rings. The zero-order valence-electron chi connectivity index (χ0n) is 10.8. The molecule has 0 radical (unpaired) electrons. The predicted octanol–water partition coefficient (Wildman–Crippen LogP) is 3.24. The summed E-state index contributed by atoms with van der Waals surface area (Å²) >= 11 is 5.84. The summed E-state index contributed by atoms with van der Waals surface area (Å²) in [6, 6.07) is 7.52. The Balaban J connectivity index is 2.10. The lowest BCUT2D eigenvalue weighted by molar-refractivity contribution is 0.290. The largest absolute Gasteiger partial charge is 0.472 e. The Morgan fingerprint density at radius 2 is 1.95 bits per heavy atom. The molecule has 19 heavy (non-hydrogen) atoms. The van der Waals surface area contributed by atoms with E-state index in [2.05, 4.69) is 16.9 Å². The average Bonchev–Trinajstić information content (AvgIpc) is 2.41. The zero-order chi connectivity index (χ0) is 13.7. The summed E-state index contributed by atoms with van der Waals surface area (Å²) in [7, 11) is 0. The molecule has 0 spiro atoms. The minimum atomic E-state index is 0.435. The number of nitrogens with zero attached hydrogens (tertiary/aromatic N) is 2. The molecule has 1 heterocycles. The molecule has 0 bridgehead atoms. The van der Waals surface area contributed by atoms with E-state index in [4.69, 9.17) is 22.1 Å². The highest BCUT2D eigenvalue weighted by Gasteiger charge is 2.09. The number of rotatable bonds is 5. The van der Waals surface area contributed by atoms with Gasteiger partial charge in [0.2, 0.25) is 5.88 Å². The van der Waals surface area contributed by atoms with Crippen molar-refractivity contribution in [1.82, 2.24) is 9.97 Å². The third-order valence-electron chi connectivity index (χ3n) is 2.73. The van der Waals surface area contributed by atoms with Crippen LogP contribution in [0, 0.1) is 0 Å². The topological polar surface area (TPSA) is 61.0 Å². The minimum absolute atomic E-state index is 0.435. The van der Waals surface area contributed by atoms with Crippen LogP contribution in [-0.4, -0.2) is 9.97 Å². The molecule has 1 aromatic carbocycles. The summed E-state index contributed by atoms with van der Waals surface area (Å²) in [5, 5.41) is 0.710. The Bertz CT molecular complexity index is 543. The van der Waals surface area contributed by atoms with Crippen molar-refractivity contribution < 1.29 is 4.74 Å². The maximum atomic E-state index is 5.85. The molecule has 0 aliphatic carbocycles. The maximum absolute atomic E-state index is 5.85. The summed E-state index contributed by atoms with van der Waals surface area (Å²) in [5.41, 5.74) is 7.75. The summed E-state index contributed by atoms with van der Waals surface area (Å²) in [6.45, 7) is 2.51. The minimum Gasteiger partial charge on any atom is -0.472 e. The number of hydrogen-bond acceptors (Lipinski definition) is 4. The highest BCUT2D eigenvalue weighted by atomic mass is 35.5. The number of nitrogen functional groups attached to an aromatic ring is 1. The van der Waals surface area contributed by atoms with Gasteiger partial charge in [0.05, 0.1) is 5.56 Å². The zero-order valence-corrected chi connectivity index (χ0v) is 11.5. The van der Waals surface area contributed by atoms with Gasteiger partial charge < -0.3 is 10.5 Å². The Morgan fingerprint density at radius 3 is 2.63 bits per heavy atom. The van der Waals surface area contributed by atoms with Crippen LogP contribution in [0.5, 0.6) is 5.88 Å². The Hall–Kier alpha value is -1.81. The number of ether oxygens (including phenoxy) is 1. The SMILES string of the molecule is CCCc1c(N)ncnc1OCc1ccc(Cl)cc1. The van der Waals surface area contributed by atoms with Crippen LogP contribution in [0.15, 0.2) is 30.6 Å². The number of aromatic nitrogens is 2. The van der Waals surface area contributed by atoms with Crippen molar-refractivity contribution in [3.8, 4) is 5.88 Å². The second-order valence-corrected chi connectivity index (χ2v) is 4.64. The van der Waals surface area contributed by atoms with E-state index < -0.39 is 0 Å². The molecular weight excluding hydrogens is 262 g/mol. The molecule has 100 valence electrons. The Labute approximate surface area is 117 Å². The first-order valence-corrected chi connectivity index (χ1v) is 6.55. The van der Waals surface area contributed by atoms with Crippen molar-refractivity contribution in [1.29, 1.82) is 0 Å². The summed E-state index contributed by atoms with van der Waals surface area (Å²) < 4.78 is 5.72. The van der Waals surface area contributed by atoms with Gasteiger partial charge in [0.1, 0.15) is 18.8 Å². The van der Waals surface area contributed by atoms with E-state index in [1.165, 1.54) is 6.33 Å². The van der Waals surface area contributed by atoms with Gasteiger partial charge in [-0.25, -0.2) is 9.97 Å². The van der Waals surface area contributed by atoms with Crippen LogP contribution in [0.4, 0.5) is 5.82 Å². The molecule has 2 rings (SSSR count). The molecule has 2 N–H and O–H groups in total. The van der Waals surface area contributed by atoms with Crippen LogP contribution in [0.3, 0.4) is 0 Å². The number of nitrogens with two attached hydrogens (primary N) is 1. The van der Waals surface area contributed by atoms with Crippen LogP contribution < -0.4 is 10.5 Å². The van der Waals surface area contributed by atoms with Crippen molar-refractivity contribution in [3.05, 3.63) is 46.7 Å². The second-order valence-electron chi connectivity index (χ2n) is 4.21. The lowest BCUT2D eigenvalue weighted by Gasteiger charge is -2.11. The maximum Gasteiger partial charge on any atom is 0.222 e. The fourth-order valence-electron chi connectivity index (χ4n) is 1.75. The molecule has 0 aliphatic rings. The smallest absolute Gasteiger partial charge is 0.222 e. The lowest BCUT2D eigenvalue weighted by Crippen LogP contribution is -2.05. The molecule has 0 unspecified atom stereocenters. The van der Waals surface area contributed by atoms with Gasteiger partial charge in [0, 0.05) is 5.02 Å². The number of halogens is 1. The molecule has 1 aromatic heterocycles. The van der Waals surface area contributed by atoms with E-state index in [1.54, 1.807) is 0 Å². The third-order valence-corrected chi connectivity index (χ3v) is 2.98. The van der Waals surface area contributed by atoms with Gasteiger partial charge in [-0.15, -0.1) is 0 Å². The van der Waals surface area contributed by atoms with Gasteiger partial charge in [0.25, 0.3) is 0 Å². The van der Waals surface area contributed by atoms with E-state index >= 15 is 0 Å². The van der Waals surface area contributed by atoms with Crippen molar-refractivity contribution in [2.45, 2.75) is 26.4 Å². The molecular formula is C14H16ClN3O. The van der Waals surface area contributed by atoms with Gasteiger partial charge in [-0.1, -0.05) is 37.1 Å². The van der Waals surface area contributed by atoms with E-state index in [-0.39, 0.29) is 0 Å². The van der Waals surface area contributed by atoms with Crippen LogP contribution >= 0.6 is 11.6 Å². The molecule has 0 aliphatic heterocycles. The van der Waals surface area contributed by atoms with Gasteiger partial charge in [0.15, 0.2) is 0 Å². The van der Waals surface area contributed by atoms with Gasteiger partial charge in [-0.3, -0.25) is 0 Å². The van der Waals surface area contributed by atoms with Crippen LogP contribution in [0.2, 0.25) is 5.02 Å². The molecule has 0 saturated carbocycles.